The summed E-state index contributed by atoms with van der Waals surface area (Å²) in [4.78, 5) is 27.3. The fourth-order valence-corrected chi connectivity index (χ4v) is 6.32. The number of primary amides is 1. The molecule has 1 saturated heterocycles. The molecule has 1 aromatic rings. The van der Waals surface area contributed by atoms with Crippen LogP contribution in [0.15, 0.2) is 48.6 Å². The fourth-order valence-electron chi connectivity index (χ4n) is 4.57. The second kappa shape index (κ2) is 11.2. The highest BCUT2D eigenvalue weighted by Crippen LogP contribution is 2.40. The van der Waals surface area contributed by atoms with Gasteiger partial charge >= 0.3 is 0 Å². The molecule has 1 aliphatic heterocycles. The number of halogens is 1. The number of amides is 2. The fraction of sp³-hybridized carbons (Fsp3) is 0.520. The van der Waals surface area contributed by atoms with E-state index in [9.17, 15) is 18.0 Å². The van der Waals surface area contributed by atoms with Crippen LogP contribution in [0.2, 0.25) is 5.02 Å². The first-order chi connectivity index (χ1) is 16.5. The summed E-state index contributed by atoms with van der Waals surface area (Å²) in [7, 11) is -1.89. The van der Waals surface area contributed by atoms with E-state index in [0.717, 1.165) is 11.1 Å². The molecule has 2 fully saturated rings. The zero-order valence-electron chi connectivity index (χ0n) is 20.4. The standard InChI is InChI=1S/C25H34ClN3O5S/c1-5-16(6-2)24-23(17-8-10-18(26)11-9-17)29(25(31)21(34-24)14-22(27)30)19(7-3)15-28(4)35(32,33)20-12-13-20/h5-6,8-11,19-21,23-24H,1,7,12-15H2,2-4H3,(H2,27,30)/b16-6+/t19-,21+,23+,24+/m0/s1. The van der Waals surface area contributed by atoms with Crippen LogP contribution < -0.4 is 5.73 Å². The maximum atomic E-state index is 13.8. The van der Waals surface area contributed by atoms with Gasteiger partial charge in [-0.25, -0.2) is 12.7 Å². The molecule has 2 amide bonds. The lowest BCUT2D eigenvalue weighted by molar-refractivity contribution is -0.175. The lowest BCUT2D eigenvalue weighted by Gasteiger charge is -2.48. The van der Waals surface area contributed by atoms with Crippen molar-refractivity contribution < 1.29 is 22.7 Å². The summed E-state index contributed by atoms with van der Waals surface area (Å²) < 4.78 is 33.3. The van der Waals surface area contributed by atoms with Crippen molar-refractivity contribution in [3.63, 3.8) is 0 Å². The van der Waals surface area contributed by atoms with E-state index in [1.165, 1.54) is 4.31 Å². The van der Waals surface area contributed by atoms with E-state index in [1.807, 2.05) is 32.1 Å². The Morgan fingerprint density at radius 3 is 2.46 bits per heavy atom. The number of morpholine rings is 1. The second-order valence-corrected chi connectivity index (χ2v) is 11.8. The highest BCUT2D eigenvalue weighted by molar-refractivity contribution is 7.90. The second-order valence-electron chi connectivity index (χ2n) is 9.04. The number of carbonyl (C=O) groups is 2. The first-order valence-corrected chi connectivity index (χ1v) is 13.7. The van der Waals surface area contributed by atoms with Crippen LogP contribution in [0.25, 0.3) is 0 Å². The Kier molecular flexibility index (Phi) is 8.80. The van der Waals surface area contributed by atoms with Gasteiger partial charge in [0.1, 0.15) is 12.2 Å². The van der Waals surface area contributed by atoms with Crippen LogP contribution >= 0.6 is 11.6 Å². The van der Waals surface area contributed by atoms with Crippen molar-refractivity contribution in [3.05, 3.63) is 59.2 Å². The SMILES string of the molecule is C=C/C(=C\C)[C@H]1O[C@H](CC(N)=O)C(=O)N([C@@H](CC)CN(C)S(=O)(=O)C2CC2)[C@@H]1c1ccc(Cl)cc1. The molecule has 0 unspecified atom stereocenters. The Hall–Kier alpha value is -2.20. The number of rotatable bonds is 11. The van der Waals surface area contributed by atoms with Crippen molar-refractivity contribution >= 4 is 33.4 Å². The molecule has 0 bridgehead atoms. The Labute approximate surface area is 212 Å². The predicted octanol–water partition coefficient (Wildman–Crippen LogP) is 3.19. The summed E-state index contributed by atoms with van der Waals surface area (Å²) in [5.74, 6) is -1.06. The molecule has 3 rings (SSSR count). The third-order valence-electron chi connectivity index (χ3n) is 6.64. The summed E-state index contributed by atoms with van der Waals surface area (Å²) in [6, 6.07) is 6.07. The number of benzene rings is 1. The quantitative estimate of drug-likeness (QED) is 0.448. The molecule has 10 heteroatoms. The van der Waals surface area contributed by atoms with Crippen molar-refractivity contribution in [2.75, 3.05) is 13.6 Å². The molecular weight excluding hydrogens is 490 g/mol. The number of ether oxygens (including phenoxy) is 1. The Bertz CT molecular complexity index is 1080. The van der Waals surface area contributed by atoms with Crippen LogP contribution in [0.4, 0.5) is 0 Å². The third-order valence-corrected chi connectivity index (χ3v) is 9.22. The van der Waals surface area contributed by atoms with Gasteiger partial charge in [0.05, 0.1) is 17.7 Å². The van der Waals surface area contributed by atoms with Gasteiger partial charge in [-0.2, -0.15) is 0 Å². The van der Waals surface area contributed by atoms with Crippen molar-refractivity contribution in [1.82, 2.24) is 9.21 Å². The smallest absolute Gasteiger partial charge is 0.253 e. The molecular formula is C25H34ClN3O5S. The number of nitrogens with zero attached hydrogens (tertiary/aromatic N) is 2. The molecule has 2 aliphatic rings. The average Bonchev–Trinajstić information content (AvgIpc) is 3.66. The van der Waals surface area contributed by atoms with Crippen molar-refractivity contribution in [2.24, 2.45) is 5.73 Å². The third kappa shape index (κ3) is 5.97. The molecule has 192 valence electrons. The molecule has 2 N–H and O–H groups in total. The van der Waals surface area contributed by atoms with E-state index >= 15 is 0 Å². The van der Waals surface area contributed by atoms with Crippen LogP contribution in [0.5, 0.6) is 0 Å². The molecule has 1 saturated carbocycles. The van der Waals surface area contributed by atoms with Crippen LogP contribution in [-0.4, -0.2) is 66.5 Å². The van der Waals surface area contributed by atoms with Crippen molar-refractivity contribution in [1.29, 1.82) is 0 Å². The number of hydrogen-bond donors (Lipinski definition) is 1. The van der Waals surface area contributed by atoms with Gasteiger partial charge in [0.25, 0.3) is 5.91 Å². The first-order valence-electron chi connectivity index (χ1n) is 11.8. The molecule has 1 aromatic carbocycles. The van der Waals surface area contributed by atoms with Crippen molar-refractivity contribution in [3.8, 4) is 0 Å². The highest BCUT2D eigenvalue weighted by atomic mass is 35.5. The van der Waals surface area contributed by atoms with Gasteiger partial charge < -0.3 is 15.4 Å². The van der Waals surface area contributed by atoms with Crippen LogP contribution in [-0.2, 0) is 24.3 Å². The summed E-state index contributed by atoms with van der Waals surface area (Å²) in [6.07, 6.45) is 3.31. The van der Waals surface area contributed by atoms with E-state index in [1.54, 1.807) is 30.2 Å². The van der Waals surface area contributed by atoms with Gasteiger partial charge in [-0.05, 0) is 49.5 Å². The maximum absolute atomic E-state index is 13.8. The highest BCUT2D eigenvalue weighted by Gasteiger charge is 2.48. The van der Waals surface area contributed by atoms with Gasteiger partial charge in [-0.3, -0.25) is 9.59 Å². The molecule has 8 nitrogen and oxygen atoms in total. The monoisotopic (exact) mass is 523 g/mol. The van der Waals surface area contributed by atoms with Gasteiger partial charge in [0, 0.05) is 24.7 Å². The first kappa shape index (κ1) is 27.4. The summed E-state index contributed by atoms with van der Waals surface area (Å²) in [6.45, 7) is 7.78. The Morgan fingerprint density at radius 2 is 1.97 bits per heavy atom. The van der Waals surface area contributed by atoms with Crippen LogP contribution in [0, 0.1) is 0 Å². The molecule has 0 aromatic heterocycles. The lowest BCUT2D eigenvalue weighted by Crippen LogP contribution is -2.60. The lowest BCUT2D eigenvalue weighted by atomic mass is 9.89. The van der Waals surface area contributed by atoms with Gasteiger partial charge in [-0.15, -0.1) is 0 Å². The largest absolute Gasteiger partial charge is 0.370 e. The summed E-state index contributed by atoms with van der Waals surface area (Å²) in [5, 5.41) is 0.187. The average molecular weight is 524 g/mol. The van der Waals surface area contributed by atoms with E-state index in [4.69, 9.17) is 22.1 Å². The number of carbonyl (C=O) groups excluding carboxylic acids is 2. The van der Waals surface area contributed by atoms with Gasteiger partial charge in [-0.1, -0.05) is 49.4 Å². The van der Waals surface area contributed by atoms with Gasteiger partial charge in [0.2, 0.25) is 15.9 Å². The molecule has 35 heavy (non-hydrogen) atoms. The number of nitrogens with two attached hydrogens (primary N) is 1. The minimum Gasteiger partial charge on any atom is -0.370 e. The molecule has 1 heterocycles. The molecule has 1 aliphatic carbocycles. The van der Waals surface area contributed by atoms with Crippen LogP contribution in [0.3, 0.4) is 0 Å². The molecule has 0 spiro atoms. The number of sulfonamides is 1. The number of likely N-dealkylation sites (N-methyl/N-ethyl adjacent to an activating group) is 1. The minimum atomic E-state index is -3.44. The molecule has 0 radical (unpaired) electrons. The Morgan fingerprint density at radius 1 is 1.34 bits per heavy atom. The normalized spacial score (nSPS) is 24.5. The van der Waals surface area contributed by atoms with E-state index < -0.39 is 46.1 Å². The van der Waals surface area contributed by atoms with E-state index in [-0.39, 0.29) is 18.2 Å². The maximum Gasteiger partial charge on any atom is 0.253 e. The van der Waals surface area contributed by atoms with Crippen molar-refractivity contribution in [2.45, 2.75) is 69.1 Å². The minimum absolute atomic E-state index is 0.125. The summed E-state index contributed by atoms with van der Waals surface area (Å²) in [5.41, 5.74) is 6.96. The Balaban J connectivity index is 2.10. The number of hydrogen-bond acceptors (Lipinski definition) is 5. The number of allylic oxidation sites excluding steroid dienone is 1. The van der Waals surface area contributed by atoms with Crippen LogP contribution in [0.1, 0.15) is 51.1 Å². The zero-order chi connectivity index (χ0) is 25.9. The molecule has 4 atom stereocenters. The van der Waals surface area contributed by atoms with Gasteiger partial charge in [0.15, 0.2) is 0 Å². The zero-order valence-corrected chi connectivity index (χ0v) is 22.0. The van der Waals surface area contributed by atoms with E-state index in [2.05, 4.69) is 6.58 Å². The summed E-state index contributed by atoms with van der Waals surface area (Å²) >= 11 is 6.13. The predicted molar refractivity (Wildman–Crippen MR) is 136 cm³/mol. The van der Waals surface area contributed by atoms with E-state index in [0.29, 0.717) is 24.3 Å². The topological polar surface area (TPSA) is 110 Å².